The van der Waals surface area contributed by atoms with Crippen LogP contribution in [0.1, 0.15) is 16.7 Å². The highest BCUT2D eigenvalue weighted by atomic mass is 127. The van der Waals surface area contributed by atoms with Gasteiger partial charge in [-0.2, -0.15) is 0 Å². The molecule has 1 fully saturated rings. The molecular weight excluding hydrogens is 556 g/mol. The lowest BCUT2D eigenvalue weighted by atomic mass is 10.1. The molecule has 0 unspecified atom stereocenters. The molecule has 3 aromatic carbocycles. The molecule has 2 amide bonds. The van der Waals surface area contributed by atoms with E-state index < -0.39 is 17.0 Å². The predicted octanol–water partition coefficient (Wildman–Crippen LogP) is 6.25. The molecule has 0 N–H and O–H groups in total. The Bertz CT molecular complexity index is 1230. The first-order valence-corrected chi connectivity index (χ1v) is 11.9. The zero-order chi connectivity index (χ0) is 23.4. The molecule has 1 heterocycles. The summed E-state index contributed by atoms with van der Waals surface area (Å²) in [6, 6.07) is 19.4. The van der Waals surface area contributed by atoms with Gasteiger partial charge >= 0.3 is 0 Å². The van der Waals surface area contributed by atoms with E-state index >= 15 is 0 Å². The van der Waals surface area contributed by atoms with E-state index in [1.54, 1.807) is 49.6 Å². The fourth-order valence-electron chi connectivity index (χ4n) is 3.22. The maximum atomic E-state index is 14.0. The van der Waals surface area contributed by atoms with Gasteiger partial charge in [-0.1, -0.05) is 36.4 Å². The number of hydrogen-bond acceptors (Lipinski definition) is 5. The Balaban J connectivity index is 1.49. The lowest BCUT2D eigenvalue weighted by Crippen LogP contribution is -2.27. The number of thioether (sulfide) groups is 1. The summed E-state index contributed by atoms with van der Waals surface area (Å²) in [5, 5.41) is -0.432. The maximum absolute atomic E-state index is 14.0. The van der Waals surface area contributed by atoms with Crippen molar-refractivity contribution in [2.45, 2.75) is 13.2 Å². The van der Waals surface area contributed by atoms with Crippen LogP contribution in [0, 0.1) is 9.39 Å². The van der Waals surface area contributed by atoms with Gasteiger partial charge in [-0.25, -0.2) is 4.39 Å². The SMILES string of the molecule is COc1cc(/C=C2\SC(=O)N(Cc3ccccc3F)C2=O)ccc1OCc1ccc(I)cc1. The van der Waals surface area contributed by atoms with Gasteiger partial charge in [0.15, 0.2) is 11.5 Å². The third-order valence-corrected chi connectivity index (χ3v) is 6.58. The van der Waals surface area contributed by atoms with E-state index in [0.29, 0.717) is 23.7 Å². The van der Waals surface area contributed by atoms with Gasteiger partial charge in [-0.15, -0.1) is 0 Å². The van der Waals surface area contributed by atoms with Crippen molar-refractivity contribution in [2.24, 2.45) is 0 Å². The van der Waals surface area contributed by atoms with Crippen LogP contribution >= 0.6 is 34.4 Å². The molecule has 0 radical (unpaired) electrons. The Labute approximate surface area is 208 Å². The highest BCUT2D eigenvalue weighted by molar-refractivity contribution is 14.1. The second kappa shape index (κ2) is 10.4. The summed E-state index contributed by atoms with van der Waals surface area (Å²) in [5.41, 5.74) is 2.01. The molecule has 1 aliphatic rings. The minimum atomic E-state index is -0.453. The zero-order valence-corrected chi connectivity index (χ0v) is 20.6. The molecule has 5 nitrogen and oxygen atoms in total. The second-order valence-electron chi connectivity index (χ2n) is 7.18. The van der Waals surface area contributed by atoms with Gasteiger partial charge < -0.3 is 9.47 Å². The molecule has 4 rings (SSSR count). The first-order valence-electron chi connectivity index (χ1n) is 9.98. The maximum Gasteiger partial charge on any atom is 0.293 e. The number of ether oxygens (including phenoxy) is 2. The van der Waals surface area contributed by atoms with E-state index in [1.165, 1.54) is 6.07 Å². The Morgan fingerprint density at radius 2 is 1.79 bits per heavy atom. The number of rotatable bonds is 7. The van der Waals surface area contributed by atoms with Gasteiger partial charge in [0.2, 0.25) is 0 Å². The van der Waals surface area contributed by atoms with E-state index in [9.17, 15) is 14.0 Å². The molecule has 1 saturated heterocycles. The van der Waals surface area contributed by atoms with Crippen LogP contribution in [-0.2, 0) is 17.9 Å². The predicted molar refractivity (Wildman–Crippen MR) is 134 cm³/mol. The average molecular weight is 575 g/mol. The zero-order valence-electron chi connectivity index (χ0n) is 17.6. The molecule has 168 valence electrons. The first kappa shape index (κ1) is 23.3. The Morgan fingerprint density at radius 3 is 2.52 bits per heavy atom. The van der Waals surface area contributed by atoms with Crippen molar-refractivity contribution in [3.8, 4) is 11.5 Å². The van der Waals surface area contributed by atoms with Crippen molar-refractivity contribution in [3.63, 3.8) is 0 Å². The molecule has 0 bridgehead atoms. The molecular formula is C25H19FINO4S. The molecule has 0 atom stereocenters. The molecule has 0 aromatic heterocycles. The molecule has 0 saturated carbocycles. The molecule has 0 aliphatic carbocycles. The van der Waals surface area contributed by atoms with Crippen LogP contribution in [-0.4, -0.2) is 23.2 Å². The largest absolute Gasteiger partial charge is 0.493 e. The first-order chi connectivity index (χ1) is 15.9. The molecule has 8 heteroatoms. The summed E-state index contributed by atoms with van der Waals surface area (Å²) in [6.45, 7) is 0.283. The minimum absolute atomic E-state index is 0.108. The molecule has 33 heavy (non-hydrogen) atoms. The summed E-state index contributed by atoms with van der Waals surface area (Å²) in [5.74, 6) is 0.179. The fourth-order valence-corrected chi connectivity index (χ4v) is 4.42. The molecule has 0 spiro atoms. The lowest BCUT2D eigenvalue weighted by Gasteiger charge is -2.13. The van der Waals surface area contributed by atoms with E-state index in [0.717, 1.165) is 25.8 Å². The third-order valence-electron chi connectivity index (χ3n) is 4.95. The number of methoxy groups -OCH3 is 1. The van der Waals surface area contributed by atoms with Crippen molar-refractivity contribution in [2.75, 3.05) is 7.11 Å². The van der Waals surface area contributed by atoms with E-state index in [-0.39, 0.29) is 17.0 Å². The van der Waals surface area contributed by atoms with Gasteiger partial charge in [0.1, 0.15) is 12.4 Å². The van der Waals surface area contributed by atoms with Gasteiger partial charge in [0.25, 0.3) is 11.1 Å². The normalized spacial score (nSPS) is 14.8. The van der Waals surface area contributed by atoms with Gasteiger partial charge in [-0.3, -0.25) is 14.5 Å². The highest BCUT2D eigenvalue weighted by Gasteiger charge is 2.35. The monoisotopic (exact) mass is 575 g/mol. The summed E-state index contributed by atoms with van der Waals surface area (Å²) in [4.78, 5) is 26.5. The summed E-state index contributed by atoms with van der Waals surface area (Å²) < 4.78 is 26.5. The Hall–Kier alpha value is -2.85. The average Bonchev–Trinajstić information content (AvgIpc) is 3.07. The topological polar surface area (TPSA) is 55.8 Å². The van der Waals surface area contributed by atoms with Crippen molar-refractivity contribution < 1.29 is 23.5 Å². The van der Waals surface area contributed by atoms with Crippen LogP contribution in [0.5, 0.6) is 11.5 Å². The smallest absolute Gasteiger partial charge is 0.293 e. The van der Waals surface area contributed by atoms with Crippen LogP contribution in [0.4, 0.5) is 9.18 Å². The third kappa shape index (κ3) is 5.56. The van der Waals surface area contributed by atoms with Gasteiger partial charge in [0, 0.05) is 9.13 Å². The standard InChI is InChI=1S/C25H19FINO4S/c1-31-22-12-17(8-11-21(22)32-15-16-6-9-19(27)10-7-16)13-23-24(29)28(25(30)33-23)14-18-4-2-3-5-20(18)26/h2-13H,14-15H2,1H3/b23-13-. The summed E-state index contributed by atoms with van der Waals surface area (Å²) in [6.07, 6.45) is 1.62. The number of benzene rings is 3. The summed E-state index contributed by atoms with van der Waals surface area (Å²) >= 11 is 3.08. The van der Waals surface area contributed by atoms with Crippen LogP contribution < -0.4 is 9.47 Å². The summed E-state index contributed by atoms with van der Waals surface area (Å²) in [7, 11) is 1.54. The van der Waals surface area contributed by atoms with Crippen molar-refractivity contribution in [3.05, 3.63) is 97.7 Å². The molecule has 3 aromatic rings. The number of halogens is 2. The number of nitrogens with zero attached hydrogens (tertiary/aromatic N) is 1. The van der Waals surface area contributed by atoms with E-state index in [4.69, 9.17) is 9.47 Å². The Kier molecular flexibility index (Phi) is 7.34. The fraction of sp³-hybridized carbons (Fsp3) is 0.120. The van der Waals surface area contributed by atoms with Gasteiger partial charge in [-0.05, 0) is 81.9 Å². The van der Waals surface area contributed by atoms with Crippen LogP contribution in [0.2, 0.25) is 0 Å². The van der Waals surface area contributed by atoms with E-state index in [1.807, 2.05) is 24.3 Å². The second-order valence-corrected chi connectivity index (χ2v) is 9.42. The number of imide groups is 1. The van der Waals surface area contributed by atoms with Crippen LogP contribution in [0.25, 0.3) is 6.08 Å². The quantitative estimate of drug-likeness (QED) is 0.246. The van der Waals surface area contributed by atoms with Crippen LogP contribution in [0.3, 0.4) is 0 Å². The highest BCUT2D eigenvalue weighted by Crippen LogP contribution is 2.35. The molecule has 1 aliphatic heterocycles. The lowest BCUT2D eigenvalue weighted by molar-refractivity contribution is -0.123. The van der Waals surface area contributed by atoms with Crippen molar-refractivity contribution in [1.29, 1.82) is 0 Å². The van der Waals surface area contributed by atoms with Crippen molar-refractivity contribution in [1.82, 2.24) is 4.90 Å². The number of amides is 2. The van der Waals surface area contributed by atoms with Crippen molar-refractivity contribution >= 4 is 51.6 Å². The minimum Gasteiger partial charge on any atom is -0.493 e. The van der Waals surface area contributed by atoms with E-state index in [2.05, 4.69) is 22.6 Å². The number of carbonyl (C=O) groups excluding carboxylic acids is 2. The number of carbonyl (C=O) groups is 2. The van der Waals surface area contributed by atoms with Crippen LogP contribution in [0.15, 0.2) is 71.6 Å². The van der Waals surface area contributed by atoms with Gasteiger partial charge in [0.05, 0.1) is 18.6 Å². The number of hydrogen-bond donors (Lipinski definition) is 0. The Morgan fingerprint density at radius 1 is 1.03 bits per heavy atom.